The fourth-order valence-electron chi connectivity index (χ4n) is 1.71. The Morgan fingerprint density at radius 3 is 2.78 bits per heavy atom. The summed E-state index contributed by atoms with van der Waals surface area (Å²) in [5.74, 6) is 2.20. The van der Waals surface area contributed by atoms with Gasteiger partial charge in [0.25, 0.3) is 0 Å². The molecule has 0 fully saturated rings. The molecule has 1 N–H and O–H groups in total. The molecule has 1 unspecified atom stereocenters. The Balaban J connectivity index is 2.08. The molecule has 0 saturated carbocycles. The molecular formula is C14H17FO2S. The molecule has 0 spiro atoms. The van der Waals surface area contributed by atoms with Gasteiger partial charge in [0.05, 0.1) is 0 Å². The van der Waals surface area contributed by atoms with Crippen molar-refractivity contribution in [1.29, 1.82) is 0 Å². The maximum Gasteiger partial charge on any atom is 0.170 e. The van der Waals surface area contributed by atoms with Gasteiger partial charge in [-0.15, -0.1) is 0 Å². The second-order valence-electron chi connectivity index (χ2n) is 4.75. The summed E-state index contributed by atoms with van der Waals surface area (Å²) in [5, 5.41) is 10.7. The molecule has 0 aliphatic heterocycles. The van der Waals surface area contributed by atoms with Crippen LogP contribution in [0.5, 0.6) is 0 Å². The lowest BCUT2D eigenvalue weighted by Crippen LogP contribution is -2.01. The SMILES string of the molecule is CC(C)CSCC(O)c1cc2cccc(F)c2o1. The number of hydrogen-bond donors (Lipinski definition) is 1. The van der Waals surface area contributed by atoms with Crippen molar-refractivity contribution in [2.24, 2.45) is 5.92 Å². The third-order valence-corrected chi connectivity index (χ3v) is 4.02. The van der Waals surface area contributed by atoms with Gasteiger partial charge in [-0.25, -0.2) is 4.39 Å². The highest BCUT2D eigenvalue weighted by molar-refractivity contribution is 7.99. The van der Waals surface area contributed by atoms with E-state index in [0.29, 0.717) is 22.8 Å². The van der Waals surface area contributed by atoms with Gasteiger partial charge in [-0.2, -0.15) is 11.8 Å². The number of aliphatic hydroxyl groups excluding tert-OH is 1. The van der Waals surface area contributed by atoms with Gasteiger partial charge in [0.2, 0.25) is 0 Å². The van der Waals surface area contributed by atoms with Gasteiger partial charge in [-0.3, -0.25) is 0 Å². The Morgan fingerprint density at radius 2 is 2.11 bits per heavy atom. The number of para-hydroxylation sites is 1. The third kappa shape index (κ3) is 3.06. The zero-order valence-corrected chi connectivity index (χ0v) is 11.3. The quantitative estimate of drug-likeness (QED) is 0.890. The van der Waals surface area contributed by atoms with Crippen LogP contribution < -0.4 is 0 Å². The highest BCUT2D eigenvalue weighted by atomic mass is 32.2. The fraction of sp³-hybridized carbons (Fsp3) is 0.429. The molecule has 2 rings (SSSR count). The van der Waals surface area contributed by atoms with Crippen LogP contribution in [0, 0.1) is 11.7 Å². The molecule has 1 heterocycles. The molecule has 1 aromatic heterocycles. The average Bonchev–Trinajstić information content (AvgIpc) is 2.74. The van der Waals surface area contributed by atoms with Crippen LogP contribution in [0.2, 0.25) is 0 Å². The van der Waals surface area contributed by atoms with Crippen molar-refractivity contribution in [3.8, 4) is 0 Å². The Labute approximate surface area is 110 Å². The van der Waals surface area contributed by atoms with Crippen LogP contribution in [-0.4, -0.2) is 16.6 Å². The fourth-order valence-corrected chi connectivity index (χ4v) is 2.70. The molecule has 0 aliphatic carbocycles. The second-order valence-corrected chi connectivity index (χ2v) is 5.83. The van der Waals surface area contributed by atoms with Crippen molar-refractivity contribution in [3.05, 3.63) is 35.8 Å². The van der Waals surface area contributed by atoms with E-state index in [1.807, 2.05) is 0 Å². The number of hydrogen-bond acceptors (Lipinski definition) is 3. The number of halogens is 1. The minimum Gasteiger partial charge on any atom is -0.455 e. The highest BCUT2D eigenvalue weighted by Gasteiger charge is 2.15. The van der Waals surface area contributed by atoms with Crippen LogP contribution >= 0.6 is 11.8 Å². The predicted octanol–water partition coefficient (Wildman–Crippen LogP) is 3.99. The largest absolute Gasteiger partial charge is 0.455 e. The first kappa shape index (κ1) is 13.4. The van der Waals surface area contributed by atoms with Crippen molar-refractivity contribution in [2.75, 3.05) is 11.5 Å². The van der Waals surface area contributed by atoms with E-state index in [4.69, 9.17) is 4.42 Å². The molecule has 1 aromatic carbocycles. The molecule has 2 aromatic rings. The Kier molecular flexibility index (Phi) is 4.30. The summed E-state index contributed by atoms with van der Waals surface area (Å²) in [4.78, 5) is 0. The van der Waals surface area contributed by atoms with E-state index in [1.165, 1.54) is 6.07 Å². The van der Waals surface area contributed by atoms with E-state index in [2.05, 4.69) is 13.8 Å². The molecule has 1 atom stereocenters. The van der Waals surface area contributed by atoms with Crippen LogP contribution in [0.4, 0.5) is 4.39 Å². The minimum atomic E-state index is -0.680. The maximum absolute atomic E-state index is 13.4. The number of thioether (sulfide) groups is 1. The van der Waals surface area contributed by atoms with Crippen LogP contribution in [0.25, 0.3) is 11.0 Å². The molecular weight excluding hydrogens is 251 g/mol. The summed E-state index contributed by atoms with van der Waals surface area (Å²) in [6.07, 6.45) is -0.680. The molecule has 0 amide bonds. The van der Waals surface area contributed by atoms with Gasteiger partial charge >= 0.3 is 0 Å². The lowest BCUT2D eigenvalue weighted by molar-refractivity contribution is 0.176. The average molecular weight is 268 g/mol. The lowest BCUT2D eigenvalue weighted by atomic mass is 10.2. The first-order valence-corrected chi connectivity index (χ1v) is 7.17. The van der Waals surface area contributed by atoms with Gasteiger partial charge in [-0.1, -0.05) is 26.0 Å². The topological polar surface area (TPSA) is 33.4 Å². The lowest BCUT2D eigenvalue weighted by Gasteiger charge is -2.08. The zero-order valence-electron chi connectivity index (χ0n) is 10.5. The Hall–Kier alpha value is -1.00. The van der Waals surface area contributed by atoms with Crippen LogP contribution in [0.3, 0.4) is 0 Å². The summed E-state index contributed by atoms with van der Waals surface area (Å²) in [5.41, 5.74) is 0.223. The summed E-state index contributed by atoms with van der Waals surface area (Å²) >= 11 is 1.67. The van der Waals surface area contributed by atoms with Crippen LogP contribution in [0.15, 0.2) is 28.7 Å². The summed E-state index contributed by atoms with van der Waals surface area (Å²) in [7, 11) is 0. The molecule has 4 heteroatoms. The van der Waals surface area contributed by atoms with Gasteiger partial charge in [0, 0.05) is 11.1 Å². The standard InChI is InChI=1S/C14H17FO2S/c1-9(2)7-18-8-12(16)13-6-10-4-3-5-11(15)14(10)17-13/h3-6,9,12,16H,7-8H2,1-2H3. The van der Waals surface area contributed by atoms with Gasteiger partial charge in [0.15, 0.2) is 11.4 Å². The third-order valence-electron chi connectivity index (χ3n) is 2.57. The second kappa shape index (κ2) is 5.76. The van der Waals surface area contributed by atoms with Gasteiger partial charge < -0.3 is 9.52 Å². The van der Waals surface area contributed by atoms with E-state index in [-0.39, 0.29) is 11.4 Å². The molecule has 0 radical (unpaired) electrons. The first-order valence-electron chi connectivity index (χ1n) is 6.01. The highest BCUT2D eigenvalue weighted by Crippen LogP contribution is 2.27. The molecule has 0 aliphatic rings. The van der Waals surface area contributed by atoms with E-state index >= 15 is 0 Å². The number of fused-ring (bicyclic) bond motifs is 1. The Bertz CT molecular complexity index is 521. The predicted molar refractivity (Wildman–Crippen MR) is 73.3 cm³/mol. The van der Waals surface area contributed by atoms with E-state index in [9.17, 15) is 9.50 Å². The maximum atomic E-state index is 13.4. The number of rotatable bonds is 5. The summed E-state index contributed by atoms with van der Waals surface area (Å²) in [6.45, 7) is 4.27. The summed E-state index contributed by atoms with van der Waals surface area (Å²) < 4.78 is 18.8. The van der Waals surface area contributed by atoms with Gasteiger partial charge in [-0.05, 0) is 23.8 Å². The first-order chi connectivity index (χ1) is 8.58. The van der Waals surface area contributed by atoms with E-state index < -0.39 is 6.10 Å². The van der Waals surface area contributed by atoms with Crippen molar-refractivity contribution < 1.29 is 13.9 Å². The number of aliphatic hydroxyl groups is 1. The molecule has 98 valence electrons. The normalized spacial score (nSPS) is 13.4. The minimum absolute atomic E-state index is 0.223. The monoisotopic (exact) mass is 268 g/mol. The van der Waals surface area contributed by atoms with Crippen molar-refractivity contribution in [3.63, 3.8) is 0 Å². The molecule has 0 saturated heterocycles. The molecule has 0 bridgehead atoms. The Morgan fingerprint density at radius 1 is 1.33 bits per heavy atom. The summed E-state index contributed by atoms with van der Waals surface area (Å²) in [6, 6.07) is 6.48. The number of benzene rings is 1. The van der Waals surface area contributed by atoms with Gasteiger partial charge in [0.1, 0.15) is 11.9 Å². The molecule has 2 nitrogen and oxygen atoms in total. The van der Waals surface area contributed by atoms with Crippen molar-refractivity contribution in [1.82, 2.24) is 0 Å². The molecule has 18 heavy (non-hydrogen) atoms. The van der Waals surface area contributed by atoms with E-state index in [0.717, 1.165) is 5.75 Å². The van der Waals surface area contributed by atoms with Crippen LogP contribution in [-0.2, 0) is 0 Å². The smallest absolute Gasteiger partial charge is 0.170 e. The van der Waals surface area contributed by atoms with Crippen molar-refractivity contribution in [2.45, 2.75) is 20.0 Å². The van der Waals surface area contributed by atoms with Crippen LogP contribution in [0.1, 0.15) is 25.7 Å². The zero-order chi connectivity index (χ0) is 13.1. The number of furan rings is 1. The van der Waals surface area contributed by atoms with Crippen molar-refractivity contribution >= 4 is 22.7 Å². The van der Waals surface area contributed by atoms with E-state index in [1.54, 1.807) is 30.0 Å².